The van der Waals surface area contributed by atoms with Gasteiger partial charge in [-0.1, -0.05) is 31.9 Å². The van der Waals surface area contributed by atoms with Crippen molar-refractivity contribution in [1.82, 2.24) is 9.88 Å². The molecule has 0 N–H and O–H groups in total. The molecule has 1 aliphatic rings. The molecule has 1 fully saturated rings. The second-order valence-corrected chi connectivity index (χ2v) is 6.41. The Morgan fingerprint density at radius 1 is 1.29 bits per heavy atom. The first-order valence-corrected chi connectivity index (χ1v) is 8.36. The predicted octanol–water partition coefficient (Wildman–Crippen LogP) is 4.34. The average Bonchev–Trinajstić information content (AvgIpc) is 2.52. The molecule has 1 aliphatic carbocycles. The lowest BCUT2D eigenvalue weighted by Crippen LogP contribution is -2.39. The molecule has 0 aromatic carbocycles. The Balaban J connectivity index is 2.07. The van der Waals surface area contributed by atoms with Gasteiger partial charge in [-0.25, -0.2) is 4.98 Å². The van der Waals surface area contributed by atoms with Gasteiger partial charge in [-0.2, -0.15) is 0 Å². The van der Waals surface area contributed by atoms with E-state index in [-0.39, 0.29) is 5.91 Å². The molecule has 0 saturated heterocycles. The minimum atomic E-state index is 0.0638. The molecule has 1 heterocycles. The maximum absolute atomic E-state index is 12.7. The quantitative estimate of drug-likeness (QED) is 0.775. The Bertz CT molecular complexity index is 496. The van der Waals surface area contributed by atoms with Crippen molar-refractivity contribution >= 4 is 17.5 Å². The van der Waals surface area contributed by atoms with Crippen LogP contribution in [0, 0.1) is 5.92 Å². The number of carbonyl (C=O) groups is 1. The summed E-state index contributed by atoms with van der Waals surface area (Å²) in [6, 6.07) is 3.90. The van der Waals surface area contributed by atoms with Crippen molar-refractivity contribution in [3.63, 3.8) is 0 Å². The summed E-state index contributed by atoms with van der Waals surface area (Å²) >= 11 is 6.02. The topological polar surface area (TPSA) is 33.2 Å². The lowest BCUT2D eigenvalue weighted by Gasteiger charge is -2.34. The number of pyridine rings is 1. The van der Waals surface area contributed by atoms with Crippen LogP contribution in [-0.4, -0.2) is 28.9 Å². The van der Waals surface area contributed by atoms with Gasteiger partial charge in [-0.05, 0) is 50.2 Å². The molecule has 1 saturated carbocycles. The van der Waals surface area contributed by atoms with E-state index in [2.05, 4.69) is 11.9 Å². The van der Waals surface area contributed by atoms with Crippen LogP contribution < -0.4 is 0 Å². The van der Waals surface area contributed by atoms with Gasteiger partial charge in [0.15, 0.2) is 0 Å². The molecule has 1 aromatic rings. The standard InChI is InChI=1S/C17H25ClN2O/c1-4-12-6-8-15(9-7-12)20(3)17(21)13-10-14(5-2)19-16(18)11-13/h10-12,15H,4-9H2,1-3H3. The summed E-state index contributed by atoms with van der Waals surface area (Å²) in [6.45, 7) is 4.27. The van der Waals surface area contributed by atoms with Crippen LogP contribution >= 0.6 is 11.6 Å². The molecule has 0 atom stereocenters. The maximum atomic E-state index is 12.7. The van der Waals surface area contributed by atoms with Crippen molar-refractivity contribution in [3.8, 4) is 0 Å². The van der Waals surface area contributed by atoms with Crippen molar-refractivity contribution in [2.45, 2.75) is 58.4 Å². The zero-order valence-electron chi connectivity index (χ0n) is 13.2. The highest BCUT2D eigenvalue weighted by Crippen LogP contribution is 2.29. The minimum absolute atomic E-state index is 0.0638. The Morgan fingerprint density at radius 3 is 2.52 bits per heavy atom. The lowest BCUT2D eigenvalue weighted by atomic mass is 9.84. The first-order valence-electron chi connectivity index (χ1n) is 7.98. The second kappa shape index (κ2) is 7.26. The first-order chi connectivity index (χ1) is 10.0. The van der Waals surface area contributed by atoms with Crippen molar-refractivity contribution in [2.24, 2.45) is 5.92 Å². The molecule has 1 amide bonds. The van der Waals surface area contributed by atoms with E-state index in [0.29, 0.717) is 16.8 Å². The third-order valence-corrected chi connectivity index (χ3v) is 4.91. The summed E-state index contributed by atoms with van der Waals surface area (Å²) < 4.78 is 0. The summed E-state index contributed by atoms with van der Waals surface area (Å²) in [4.78, 5) is 18.8. The summed E-state index contributed by atoms with van der Waals surface area (Å²) in [7, 11) is 1.92. The largest absolute Gasteiger partial charge is 0.339 e. The van der Waals surface area contributed by atoms with E-state index in [1.807, 2.05) is 24.9 Å². The molecule has 21 heavy (non-hydrogen) atoms. The monoisotopic (exact) mass is 308 g/mol. The lowest BCUT2D eigenvalue weighted by molar-refractivity contribution is 0.0674. The zero-order valence-corrected chi connectivity index (χ0v) is 14.0. The molecule has 1 aromatic heterocycles. The van der Waals surface area contributed by atoms with Crippen molar-refractivity contribution in [2.75, 3.05) is 7.05 Å². The van der Waals surface area contributed by atoms with Crippen molar-refractivity contribution in [3.05, 3.63) is 28.5 Å². The Hall–Kier alpha value is -1.09. The molecule has 4 heteroatoms. The van der Waals surface area contributed by atoms with E-state index >= 15 is 0 Å². The average molecular weight is 309 g/mol. The van der Waals surface area contributed by atoms with E-state index in [9.17, 15) is 4.79 Å². The second-order valence-electron chi connectivity index (χ2n) is 6.02. The first kappa shape index (κ1) is 16.3. The molecule has 0 radical (unpaired) electrons. The van der Waals surface area contributed by atoms with Crippen LogP contribution in [0.3, 0.4) is 0 Å². The number of aromatic nitrogens is 1. The Kier molecular flexibility index (Phi) is 5.63. The fourth-order valence-corrected chi connectivity index (χ4v) is 3.39. The summed E-state index contributed by atoms with van der Waals surface area (Å²) in [5.74, 6) is 0.903. The van der Waals surface area contributed by atoms with Gasteiger partial charge in [0, 0.05) is 24.3 Å². The van der Waals surface area contributed by atoms with Gasteiger partial charge in [0.25, 0.3) is 5.91 Å². The number of hydrogen-bond acceptors (Lipinski definition) is 2. The Labute approximate surface area is 132 Å². The van der Waals surface area contributed by atoms with Gasteiger partial charge in [0.1, 0.15) is 5.15 Å². The molecule has 0 unspecified atom stereocenters. The molecule has 3 nitrogen and oxygen atoms in total. The number of aryl methyl sites for hydroxylation is 1. The molecule has 0 aliphatic heterocycles. The van der Waals surface area contributed by atoms with Crippen molar-refractivity contribution in [1.29, 1.82) is 0 Å². The number of hydrogen-bond donors (Lipinski definition) is 0. The SMILES string of the molecule is CCc1cc(C(=O)N(C)C2CCC(CC)CC2)cc(Cl)n1. The van der Waals surface area contributed by atoms with Gasteiger partial charge in [-0.15, -0.1) is 0 Å². The highest BCUT2D eigenvalue weighted by atomic mass is 35.5. The summed E-state index contributed by atoms with van der Waals surface area (Å²) in [5, 5.41) is 0.404. The highest BCUT2D eigenvalue weighted by molar-refractivity contribution is 6.29. The molecule has 0 spiro atoms. The van der Waals surface area contributed by atoms with Gasteiger partial charge in [-0.3, -0.25) is 4.79 Å². The van der Waals surface area contributed by atoms with E-state index in [1.54, 1.807) is 6.07 Å². The molecular formula is C17H25ClN2O. The third-order valence-electron chi connectivity index (χ3n) is 4.72. The van der Waals surface area contributed by atoms with Crippen LogP contribution in [0.2, 0.25) is 5.15 Å². The van der Waals surface area contributed by atoms with Crippen LogP contribution in [0.1, 0.15) is 62.0 Å². The van der Waals surface area contributed by atoms with E-state index < -0.39 is 0 Å². The minimum Gasteiger partial charge on any atom is -0.339 e. The smallest absolute Gasteiger partial charge is 0.254 e. The summed E-state index contributed by atoms with van der Waals surface area (Å²) in [5.41, 5.74) is 1.53. The fourth-order valence-electron chi connectivity index (χ4n) is 3.17. The van der Waals surface area contributed by atoms with E-state index in [0.717, 1.165) is 30.9 Å². The number of carbonyl (C=O) groups excluding carboxylic acids is 1. The van der Waals surface area contributed by atoms with Gasteiger partial charge in [0.05, 0.1) is 0 Å². The van der Waals surface area contributed by atoms with Crippen LogP contribution in [0.5, 0.6) is 0 Å². The van der Waals surface area contributed by atoms with Crippen LogP contribution in [-0.2, 0) is 6.42 Å². The fraction of sp³-hybridized carbons (Fsp3) is 0.647. The van der Waals surface area contributed by atoms with E-state index in [4.69, 9.17) is 11.6 Å². The van der Waals surface area contributed by atoms with Gasteiger partial charge in [0.2, 0.25) is 0 Å². The number of nitrogens with zero attached hydrogens (tertiary/aromatic N) is 2. The Morgan fingerprint density at radius 2 is 1.95 bits per heavy atom. The highest BCUT2D eigenvalue weighted by Gasteiger charge is 2.26. The summed E-state index contributed by atoms with van der Waals surface area (Å²) in [6.07, 6.45) is 6.73. The number of rotatable bonds is 4. The maximum Gasteiger partial charge on any atom is 0.254 e. The molecule has 116 valence electrons. The predicted molar refractivity (Wildman–Crippen MR) is 86.8 cm³/mol. The van der Waals surface area contributed by atoms with Gasteiger partial charge >= 0.3 is 0 Å². The normalized spacial score (nSPS) is 22.1. The van der Waals surface area contributed by atoms with E-state index in [1.165, 1.54) is 19.3 Å². The zero-order chi connectivity index (χ0) is 15.4. The third kappa shape index (κ3) is 3.97. The molecule has 0 bridgehead atoms. The number of amides is 1. The molecular weight excluding hydrogens is 284 g/mol. The molecule has 2 rings (SSSR count). The van der Waals surface area contributed by atoms with Crippen LogP contribution in [0.4, 0.5) is 0 Å². The van der Waals surface area contributed by atoms with Crippen molar-refractivity contribution < 1.29 is 4.79 Å². The number of halogens is 1. The van der Waals surface area contributed by atoms with Gasteiger partial charge < -0.3 is 4.90 Å². The van der Waals surface area contributed by atoms with Crippen LogP contribution in [0.25, 0.3) is 0 Å². The van der Waals surface area contributed by atoms with Crippen LogP contribution in [0.15, 0.2) is 12.1 Å².